The van der Waals surface area contributed by atoms with E-state index >= 15 is 0 Å². The van der Waals surface area contributed by atoms with Crippen molar-refractivity contribution < 1.29 is 9.59 Å². The Morgan fingerprint density at radius 3 is 2.45 bits per heavy atom. The van der Waals surface area contributed by atoms with Gasteiger partial charge in [0.1, 0.15) is 0 Å². The number of nitrogens with one attached hydrogen (secondary N) is 2. The summed E-state index contributed by atoms with van der Waals surface area (Å²) in [5.74, 6) is -0.727. The van der Waals surface area contributed by atoms with Crippen LogP contribution in [0.5, 0.6) is 0 Å². The van der Waals surface area contributed by atoms with Crippen LogP contribution >= 0.6 is 0 Å². The Morgan fingerprint density at radius 2 is 1.77 bits per heavy atom. The zero-order valence-electron chi connectivity index (χ0n) is 18.0. The van der Waals surface area contributed by atoms with Crippen LogP contribution < -0.4 is 10.6 Å². The van der Waals surface area contributed by atoms with Gasteiger partial charge >= 0.3 is 0 Å². The second-order valence-electron chi connectivity index (χ2n) is 7.34. The molecular formula is C22H23N7O2. The molecule has 2 N–H and O–H groups in total. The van der Waals surface area contributed by atoms with Crippen LogP contribution in [0.25, 0.3) is 22.2 Å². The Labute approximate surface area is 179 Å². The molecule has 0 fully saturated rings. The first-order valence-electron chi connectivity index (χ1n) is 9.77. The summed E-state index contributed by atoms with van der Waals surface area (Å²) in [7, 11) is 5.09. The smallest absolute Gasteiger partial charge is 0.273 e. The number of pyridine rings is 1. The maximum Gasteiger partial charge on any atom is 0.273 e. The van der Waals surface area contributed by atoms with Gasteiger partial charge in [0.25, 0.3) is 11.8 Å². The molecule has 0 radical (unpaired) electrons. The molecule has 2 amide bonds. The van der Waals surface area contributed by atoms with E-state index in [0.29, 0.717) is 27.8 Å². The lowest BCUT2D eigenvalue weighted by Gasteiger charge is -2.11. The summed E-state index contributed by atoms with van der Waals surface area (Å²) < 4.78 is 3.28. The maximum absolute atomic E-state index is 13.3. The molecule has 9 nitrogen and oxygen atoms in total. The molecule has 158 valence electrons. The zero-order valence-corrected chi connectivity index (χ0v) is 18.0. The minimum Gasteiger partial charge on any atom is -0.354 e. The Bertz CT molecular complexity index is 1330. The molecule has 31 heavy (non-hydrogen) atoms. The molecule has 0 aliphatic rings. The number of carbonyl (C=O) groups is 2. The van der Waals surface area contributed by atoms with E-state index in [0.717, 1.165) is 17.0 Å². The van der Waals surface area contributed by atoms with E-state index in [-0.39, 0.29) is 17.5 Å². The van der Waals surface area contributed by atoms with Crippen molar-refractivity contribution in [1.82, 2.24) is 29.9 Å². The van der Waals surface area contributed by atoms with Gasteiger partial charge < -0.3 is 10.6 Å². The highest BCUT2D eigenvalue weighted by Gasteiger charge is 2.21. The fraction of sp³-hybridized carbons (Fsp3) is 0.227. The van der Waals surface area contributed by atoms with E-state index in [9.17, 15) is 9.59 Å². The minimum atomic E-state index is -0.377. The number of nitrogens with zero attached hydrogens (tertiary/aromatic N) is 5. The standard InChI is InChI=1S/C22H23N7O2/c1-12-19(13(2)29(5)26-12)17-10-15(14-8-6-7-9-16(14)24-17)21(30)25-18-11-28(4)27-20(18)22(31)23-3/h6-11H,1-5H3,(H,23,31)(H,25,30). The monoisotopic (exact) mass is 417 g/mol. The van der Waals surface area contributed by atoms with Gasteiger partial charge in [0, 0.05) is 44.0 Å². The van der Waals surface area contributed by atoms with Crippen molar-refractivity contribution in [3.63, 3.8) is 0 Å². The number of amides is 2. The fourth-order valence-electron chi connectivity index (χ4n) is 3.69. The van der Waals surface area contributed by atoms with Crippen molar-refractivity contribution in [2.45, 2.75) is 13.8 Å². The highest BCUT2D eigenvalue weighted by atomic mass is 16.2. The van der Waals surface area contributed by atoms with Gasteiger partial charge in [0.15, 0.2) is 5.69 Å². The molecule has 3 aromatic heterocycles. The summed E-state index contributed by atoms with van der Waals surface area (Å²) in [4.78, 5) is 30.2. The lowest BCUT2D eigenvalue weighted by Crippen LogP contribution is -2.21. The second kappa shape index (κ2) is 7.67. The molecule has 0 aliphatic carbocycles. The molecule has 4 rings (SSSR count). The highest BCUT2D eigenvalue weighted by Crippen LogP contribution is 2.29. The molecule has 0 unspecified atom stereocenters. The van der Waals surface area contributed by atoms with Crippen molar-refractivity contribution in [3.05, 3.63) is 59.2 Å². The largest absolute Gasteiger partial charge is 0.354 e. The molecule has 0 aliphatic heterocycles. The van der Waals surface area contributed by atoms with Crippen molar-refractivity contribution >= 4 is 28.4 Å². The number of aromatic nitrogens is 5. The first-order chi connectivity index (χ1) is 14.8. The number of anilines is 1. The molecule has 0 saturated heterocycles. The van der Waals surface area contributed by atoms with E-state index in [2.05, 4.69) is 20.8 Å². The Hall–Kier alpha value is -4.01. The third-order valence-electron chi connectivity index (χ3n) is 5.25. The van der Waals surface area contributed by atoms with E-state index in [1.165, 1.54) is 11.7 Å². The van der Waals surface area contributed by atoms with Gasteiger partial charge in [-0.3, -0.25) is 19.0 Å². The van der Waals surface area contributed by atoms with Gasteiger partial charge in [0.05, 0.1) is 28.2 Å². The van der Waals surface area contributed by atoms with Gasteiger partial charge in [-0.25, -0.2) is 4.98 Å². The van der Waals surface area contributed by atoms with Gasteiger partial charge in [-0.15, -0.1) is 0 Å². The second-order valence-corrected chi connectivity index (χ2v) is 7.34. The molecule has 3 heterocycles. The van der Waals surface area contributed by atoms with Crippen LogP contribution in [0.15, 0.2) is 36.5 Å². The highest BCUT2D eigenvalue weighted by molar-refractivity contribution is 6.14. The van der Waals surface area contributed by atoms with Gasteiger partial charge in [-0.2, -0.15) is 10.2 Å². The minimum absolute atomic E-state index is 0.149. The molecule has 0 saturated carbocycles. The molecule has 1 aromatic carbocycles. The van der Waals surface area contributed by atoms with Gasteiger partial charge in [-0.05, 0) is 26.0 Å². The molecule has 0 spiro atoms. The van der Waals surface area contributed by atoms with E-state index in [4.69, 9.17) is 4.98 Å². The summed E-state index contributed by atoms with van der Waals surface area (Å²) in [6.45, 7) is 3.89. The molecule has 0 bridgehead atoms. The SMILES string of the molecule is CNC(=O)c1nn(C)cc1NC(=O)c1cc(-c2c(C)nn(C)c2C)nc2ccccc12. The van der Waals surface area contributed by atoms with Crippen molar-refractivity contribution in [1.29, 1.82) is 0 Å². The third kappa shape index (κ3) is 3.54. The van der Waals surface area contributed by atoms with Crippen LogP contribution in [0.3, 0.4) is 0 Å². The number of fused-ring (bicyclic) bond motifs is 1. The average Bonchev–Trinajstić information content (AvgIpc) is 3.24. The summed E-state index contributed by atoms with van der Waals surface area (Å²) in [6.07, 6.45) is 1.60. The first kappa shape index (κ1) is 20.3. The Balaban J connectivity index is 1.84. The quantitative estimate of drug-likeness (QED) is 0.531. The molecule has 0 atom stereocenters. The summed E-state index contributed by atoms with van der Waals surface area (Å²) in [5.41, 5.74) is 5.00. The Kier molecular flexibility index (Phi) is 5.02. The van der Waals surface area contributed by atoms with Crippen molar-refractivity contribution in [2.24, 2.45) is 14.1 Å². The van der Waals surface area contributed by atoms with Crippen LogP contribution in [-0.4, -0.2) is 43.4 Å². The Morgan fingerprint density at radius 1 is 1.03 bits per heavy atom. The number of para-hydroxylation sites is 1. The number of hydrogen-bond acceptors (Lipinski definition) is 5. The van der Waals surface area contributed by atoms with Crippen LogP contribution in [0.4, 0.5) is 5.69 Å². The maximum atomic E-state index is 13.3. The zero-order chi connectivity index (χ0) is 22.3. The lowest BCUT2D eigenvalue weighted by molar-refractivity contribution is 0.0958. The van der Waals surface area contributed by atoms with E-state index in [1.807, 2.05) is 45.2 Å². The summed E-state index contributed by atoms with van der Waals surface area (Å²) in [6, 6.07) is 9.24. The number of benzene rings is 1. The van der Waals surface area contributed by atoms with E-state index < -0.39 is 0 Å². The first-order valence-corrected chi connectivity index (χ1v) is 9.77. The van der Waals surface area contributed by atoms with Crippen LogP contribution in [0.2, 0.25) is 0 Å². The van der Waals surface area contributed by atoms with E-state index in [1.54, 1.807) is 24.0 Å². The van der Waals surface area contributed by atoms with Crippen molar-refractivity contribution in [3.8, 4) is 11.3 Å². The number of aryl methyl sites for hydroxylation is 3. The van der Waals surface area contributed by atoms with Crippen LogP contribution in [0.1, 0.15) is 32.2 Å². The fourth-order valence-corrected chi connectivity index (χ4v) is 3.69. The van der Waals surface area contributed by atoms with Crippen LogP contribution in [-0.2, 0) is 14.1 Å². The average molecular weight is 417 g/mol. The topological polar surface area (TPSA) is 107 Å². The molecular weight excluding hydrogens is 394 g/mol. The van der Waals surface area contributed by atoms with Crippen molar-refractivity contribution in [2.75, 3.05) is 12.4 Å². The van der Waals surface area contributed by atoms with Gasteiger partial charge in [-0.1, -0.05) is 18.2 Å². The number of rotatable bonds is 4. The summed E-state index contributed by atoms with van der Waals surface area (Å²) in [5, 5.41) is 14.7. The molecule has 4 aromatic rings. The summed E-state index contributed by atoms with van der Waals surface area (Å²) >= 11 is 0. The van der Waals surface area contributed by atoms with Gasteiger partial charge in [0.2, 0.25) is 0 Å². The predicted molar refractivity (Wildman–Crippen MR) is 118 cm³/mol. The lowest BCUT2D eigenvalue weighted by atomic mass is 10.0. The predicted octanol–water partition coefficient (Wildman–Crippen LogP) is 2.60. The van der Waals surface area contributed by atoms with Crippen LogP contribution in [0, 0.1) is 13.8 Å². The normalized spacial score (nSPS) is 11.0. The molecule has 9 heteroatoms. The number of carbonyl (C=O) groups excluding carboxylic acids is 2. The third-order valence-corrected chi connectivity index (χ3v) is 5.25. The number of hydrogen-bond donors (Lipinski definition) is 2.